The smallest absolute Gasteiger partial charge is 0.338 e. The molecule has 1 aromatic heterocycles. The summed E-state index contributed by atoms with van der Waals surface area (Å²) in [6.45, 7) is 10.8. The van der Waals surface area contributed by atoms with Gasteiger partial charge < -0.3 is 14.2 Å². The van der Waals surface area contributed by atoms with E-state index in [9.17, 15) is 9.59 Å². The van der Waals surface area contributed by atoms with E-state index in [1.165, 1.54) is 11.3 Å². The Balaban J connectivity index is 1.86. The molecule has 0 bridgehead atoms. The third-order valence-electron chi connectivity index (χ3n) is 6.49. The van der Waals surface area contributed by atoms with E-state index < -0.39 is 12.0 Å². The summed E-state index contributed by atoms with van der Waals surface area (Å²) in [5, 5.41) is 0.816. The third-order valence-corrected chi connectivity index (χ3v) is 8.21. The maximum absolute atomic E-state index is 13.9. The van der Waals surface area contributed by atoms with Crippen LogP contribution in [0.3, 0.4) is 0 Å². The van der Waals surface area contributed by atoms with Gasteiger partial charge in [0.2, 0.25) is 0 Å². The maximum Gasteiger partial charge on any atom is 0.338 e. The summed E-state index contributed by atoms with van der Waals surface area (Å²) >= 11 is 13.5. The number of thiazole rings is 1. The number of carbonyl (C=O) groups excluding carboxylic acids is 1. The molecule has 3 aromatic rings. The second kappa shape index (κ2) is 13.3. The highest BCUT2D eigenvalue weighted by molar-refractivity contribution is 7.07. The molecule has 0 saturated carbocycles. The first-order valence-electron chi connectivity index (χ1n) is 13.5. The number of nitrogens with zero attached hydrogens (tertiary/aromatic N) is 2. The minimum absolute atomic E-state index is 0.146. The minimum Gasteiger partial charge on any atom is -0.493 e. The van der Waals surface area contributed by atoms with Gasteiger partial charge in [0.25, 0.3) is 5.56 Å². The number of aromatic nitrogens is 1. The van der Waals surface area contributed by atoms with Crippen molar-refractivity contribution in [1.82, 2.24) is 4.57 Å². The van der Waals surface area contributed by atoms with Crippen molar-refractivity contribution >= 4 is 46.6 Å². The van der Waals surface area contributed by atoms with Crippen molar-refractivity contribution in [3.05, 3.63) is 88.5 Å². The molecule has 2 heterocycles. The van der Waals surface area contributed by atoms with E-state index in [1.807, 2.05) is 26.0 Å². The van der Waals surface area contributed by atoms with Crippen LogP contribution in [0, 0.1) is 11.8 Å². The summed E-state index contributed by atoms with van der Waals surface area (Å²) in [7, 11) is 1.57. The Morgan fingerprint density at radius 3 is 2.49 bits per heavy atom. The number of ether oxygens (including phenoxy) is 3. The number of rotatable bonds is 10. The molecule has 1 unspecified atom stereocenters. The fourth-order valence-electron chi connectivity index (χ4n) is 4.35. The first kappa shape index (κ1) is 30.9. The predicted octanol–water partition coefficient (Wildman–Crippen LogP) is 6.17. The lowest BCUT2D eigenvalue weighted by Gasteiger charge is -2.25. The van der Waals surface area contributed by atoms with Crippen LogP contribution in [0.5, 0.6) is 11.5 Å². The Morgan fingerprint density at radius 2 is 1.83 bits per heavy atom. The Labute approximate surface area is 253 Å². The fraction of sp³-hybridized carbons (Fsp3) is 0.387. The molecule has 7 nitrogen and oxygen atoms in total. The number of carbonyl (C=O) groups is 1. The molecule has 10 heteroatoms. The maximum atomic E-state index is 13.9. The van der Waals surface area contributed by atoms with Crippen LogP contribution in [0.2, 0.25) is 10.0 Å². The number of hydrogen-bond acceptors (Lipinski definition) is 7. The zero-order valence-electron chi connectivity index (χ0n) is 24.0. The Bertz CT molecular complexity index is 1660. The van der Waals surface area contributed by atoms with Gasteiger partial charge in [0, 0.05) is 0 Å². The van der Waals surface area contributed by atoms with E-state index >= 15 is 0 Å². The molecule has 4 rings (SSSR count). The van der Waals surface area contributed by atoms with Crippen molar-refractivity contribution in [3.63, 3.8) is 0 Å². The van der Waals surface area contributed by atoms with E-state index in [-0.39, 0.29) is 18.1 Å². The van der Waals surface area contributed by atoms with Crippen molar-refractivity contribution in [2.24, 2.45) is 16.8 Å². The molecule has 41 heavy (non-hydrogen) atoms. The summed E-state index contributed by atoms with van der Waals surface area (Å²) in [5.41, 5.74) is 1.89. The summed E-state index contributed by atoms with van der Waals surface area (Å²) in [5.74, 6) is 1.23. The van der Waals surface area contributed by atoms with Crippen LogP contribution >= 0.6 is 34.5 Å². The van der Waals surface area contributed by atoms with E-state index in [4.69, 9.17) is 37.4 Å². The fourth-order valence-corrected chi connectivity index (χ4v) is 5.70. The molecule has 0 fully saturated rings. The average Bonchev–Trinajstić information content (AvgIpc) is 3.22. The monoisotopic (exact) mass is 616 g/mol. The summed E-state index contributed by atoms with van der Waals surface area (Å²) in [6, 6.07) is 9.85. The number of esters is 1. The zero-order chi connectivity index (χ0) is 29.8. The van der Waals surface area contributed by atoms with Crippen LogP contribution in [0.4, 0.5) is 0 Å². The van der Waals surface area contributed by atoms with Gasteiger partial charge >= 0.3 is 5.97 Å². The van der Waals surface area contributed by atoms with Crippen molar-refractivity contribution in [2.45, 2.75) is 47.1 Å². The summed E-state index contributed by atoms with van der Waals surface area (Å²) in [4.78, 5) is 32.5. The molecule has 0 amide bonds. The average molecular weight is 618 g/mol. The summed E-state index contributed by atoms with van der Waals surface area (Å²) < 4.78 is 19.3. The van der Waals surface area contributed by atoms with Gasteiger partial charge in [-0.25, -0.2) is 9.79 Å². The minimum atomic E-state index is -0.777. The Kier molecular flexibility index (Phi) is 10.00. The van der Waals surface area contributed by atoms with Crippen LogP contribution < -0.4 is 24.4 Å². The van der Waals surface area contributed by atoms with E-state index in [0.29, 0.717) is 60.2 Å². The molecule has 2 aromatic carbocycles. The Hall–Kier alpha value is -3.07. The quantitative estimate of drug-likeness (QED) is 0.254. The Morgan fingerprint density at radius 1 is 1.07 bits per heavy atom. The van der Waals surface area contributed by atoms with Crippen LogP contribution in [0.25, 0.3) is 6.08 Å². The van der Waals surface area contributed by atoms with Gasteiger partial charge in [-0.15, -0.1) is 0 Å². The SMILES string of the molecule is COc1cc(C2C(C(=O)OCC(C)C)=C(C)N=c3s/c(=C\c4ccc(Cl)c(Cl)c4)c(=O)n32)ccc1OCCC(C)C. The highest BCUT2D eigenvalue weighted by atomic mass is 35.5. The number of fused-ring (bicyclic) bond motifs is 1. The lowest BCUT2D eigenvalue weighted by atomic mass is 9.95. The second-order valence-electron chi connectivity index (χ2n) is 10.7. The number of methoxy groups -OCH3 is 1. The van der Waals surface area contributed by atoms with Crippen LogP contribution in [0.15, 0.2) is 57.5 Å². The molecule has 1 aliphatic heterocycles. The van der Waals surface area contributed by atoms with Gasteiger partial charge in [0.1, 0.15) is 0 Å². The van der Waals surface area contributed by atoms with Gasteiger partial charge in [-0.2, -0.15) is 0 Å². The topological polar surface area (TPSA) is 79.1 Å². The van der Waals surface area contributed by atoms with Crippen LogP contribution in [-0.2, 0) is 9.53 Å². The molecular weight excluding hydrogens is 583 g/mol. The second-order valence-corrected chi connectivity index (χ2v) is 12.5. The molecule has 1 aliphatic rings. The normalized spacial score (nSPS) is 15.3. The molecule has 0 spiro atoms. The van der Waals surface area contributed by atoms with E-state index in [2.05, 4.69) is 18.8 Å². The van der Waals surface area contributed by atoms with Gasteiger partial charge in [0.05, 0.1) is 52.2 Å². The largest absolute Gasteiger partial charge is 0.493 e. The molecule has 218 valence electrons. The first-order chi connectivity index (χ1) is 19.5. The molecular formula is C31H34Cl2N2O5S. The number of benzene rings is 2. The highest BCUT2D eigenvalue weighted by Gasteiger charge is 2.34. The lowest BCUT2D eigenvalue weighted by Crippen LogP contribution is -2.40. The molecule has 1 atom stereocenters. The van der Waals surface area contributed by atoms with Gasteiger partial charge in [0.15, 0.2) is 16.3 Å². The van der Waals surface area contributed by atoms with Gasteiger partial charge in [-0.05, 0) is 66.6 Å². The number of allylic oxidation sites excluding steroid dienone is 1. The number of halogens is 2. The van der Waals surface area contributed by atoms with Crippen LogP contribution in [-0.4, -0.2) is 30.9 Å². The first-order valence-corrected chi connectivity index (χ1v) is 15.0. The van der Waals surface area contributed by atoms with Crippen molar-refractivity contribution in [1.29, 1.82) is 0 Å². The predicted molar refractivity (Wildman–Crippen MR) is 164 cm³/mol. The lowest BCUT2D eigenvalue weighted by molar-refractivity contribution is -0.140. The molecule has 0 aliphatic carbocycles. The van der Waals surface area contributed by atoms with E-state index in [1.54, 1.807) is 48.9 Å². The van der Waals surface area contributed by atoms with Crippen molar-refractivity contribution in [2.75, 3.05) is 20.3 Å². The van der Waals surface area contributed by atoms with Gasteiger partial charge in [-0.1, -0.05) is 74.4 Å². The molecule has 0 saturated heterocycles. The van der Waals surface area contributed by atoms with Crippen molar-refractivity contribution in [3.8, 4) is 11.5 Å². The molecule has 0 radical (unpaired) electrons. The molecule has 0 N–H and O–H groups in total. The van der Waals surface area contributed by atoms with Crippen LogP contribution in [0.1, 0.15) is 58.2 Å². The number of hydrogen-bond donors (Lipinski definition) is 0. The zero-order valence-corrected chi connectivity index (χ0v) is 26.3. The third kappa shape index (κ3) is 7.05. The highest BCUT2D eigenvalue weighted by Crippen LogP contribution is 2.36. The summed E-state index contributed by atoms with van der Waals surface area (Å²) in [6.07, 6.45) is 2.64. The van der Waals surface area contributed by atoms with Crippen molar-refractivity contribution < 1.29 is 19.0 Å². The standard InChI is InChI=1S/C31H34Cl2N2O5S/c1-17(2)11-12-39-24-10-8-21(15-25(24)38-6)28-27(30(37)40-16-18(3)4)19(5)34-31-35(28)29(36)26(41-31)14-20-7-9-22(32)23(33)13-20/h7-10,13-15,17-18,28H,11-12,16H2,1-6H3/b26-14-. The van der Waals surface area contributed by atoms with Gasteiger partial charge in [-0.3, -0.25) is 9.36 Å². The van der Waals surface area contributed by atoms with E-state index in [0.717, 1.165) is 12.0 Å².